The van der Waals surface area contributed by atoms with Crippen molar-refractivity contribution < 1.29 is 19.2 Å². The van der Waals surface area contributed by atoms with E-state index in [0.717, 1.165) is 6.42 Å². The molecule has 2 rings (SSSR count). The molecule has 0 saturated carbocycles. The number of hydrogen-bond acceptors (Lipinski definition) is 5. The molecule has 0 unspecified atom stereocenters. The minimum atomic E-state index is -0.722. The molecule has 0 aromatic heterocycles. The van der Waals surface area contributed by atoms with Gasteiger partial charge in [0.2, 0.25) is 23.6 Å². The van der Waals surface area contributed by atoms with Gasteiger partial charge >= 0.3 is 0 Å². The zero-order valence-electron chi connectivity index (χ0n) is 12.3. The van der Waals surface area contributed by atoms with Gasteiger partial charge in [-0.1, -0.05) is 0 Å². The first-order valence-electron chi connectivity index (χ1n) is 7.12. The summed E-state index contributed by atoms with van der Waals surface area (Å²) >= 11 is 1.42. The van der Waals surface area contributed by atoms with Crippen LogP contribution >= 0.6 is 11.8 Å². The summed E-state index contributed by atoms with van der Waals surface area (Å²) in [5, 5.41) is 5.13. The van der Waals surface area contributed by atoms with E-state index in [4.69, 9.17) is 5.73 Å². The standard InChI is InChI=1S/C13H20N4O4S/c1-22-6-8(16-12(20)7-5-10(18)15-7)13(21)17-4-2-3-9(17)11(14)19/h7-9H,2-6H2,1H3,(H2,14,19)(H,15,18)(H,16,20)/t7-,8-,9-/m0/s1. The Morgan fingerprint density at radius 1 is 1.50 bits per heavy atom. The normalized spacial score (nSPS) is 25.1. The van der Waals surface area contributed by atoms with Gasteiger partial charge in [-0.05, 0) is 19.1 Å². The lowest BCUT2D eigenvalue weighted by Crippen LogP contribution is -2.61. The number of nitrogens with one attached hydrogen (secondary N) is 2. The molecule has 0 radical (unpaired) electrons. The lowest BCUT2D eigenvalue weighted by Gasteiger charge is -2.30. The van der Waals surface area contributed by atoms with E-state index in [9.17, 15) is 19.2 Å². The molecule has 0 spiro atoms. The molecule has 122 valence electrons. The number of amides is 4. The Bertz CT molecular complexity index is 490. The molecule has 0 aromatic rings. The van der Waals surface area contributed by atoms with Crippen LogP contribution < -0.4 is 16.4 Å². The van der Waals surface area contributed by atoms with Crippen molar-refractivity contribution in [3.8, 4) is 0 Å². The predicted molar refractivity (Wildman–Crippen MR) is 80.8 cm³/mol. The lowest BCUT2D eigenvalue weighted by atomic mass is 10.1. The van der Waals surface area contributed by atoms with Crippen LogP contribution in [-0.2, 0) is 19.2 Å². The Morgan fingerprint density at radius 2 is 2.18 bits per heavy atom. The van der Waals surface area contributed by atoms with Gasteiger partial charge in [0.15, 0.2) is 0 Å². The van der Waals surface area contributed by atoms with Crippen LogP contribution in [0.25, 0.3) is 0 Å². The van der Waals surface area contributed by atoms with Crippen LogP contribution in [0, 0.1) is 0 Å². The van der Waals surface area contributed by atoms with Crippen LogP contribution in [0.5, 0.6) is 0 Å². The molecule has 4 N–H and O–H groups in total. The van der Waals surface area contributed by atoms with Crippen molar-refractivity contribution in [2.24, 2.45) is 5.73 Å². The first kappa shape index (κ1) is 16.6. The number of likely N-dealkylation sites (tertiary alicyclic amines) is 1. The third kappa shape index (κ3) is 3.52. The Morgan fingerprint density at radius 3 is 2.73 bits per heavy atom. The van der Waals surface area contributed by atoms with Gasteiger partial charge in [-0.3, -0.25) is 19.2 Å². The molecule has 0 aliphatic carbocycles. The second kappa shape index (κ2) is 6.99. The fourth-order valence-electron chi connectivity index (χ4n) is 2.66. The SMILES string of the molecule is CSC[C@H](NC(=O)[C@@H]1CC(=O)N1)C(=O)N1CCC[C@H]1C(N)=O. The van der Waals surface area contributed by atoms with Crippen LogP contribution in [0.15, 0.2) is 0 Å². The van der Waals surface area contributed by atoms with Crippen LogP contribution in [0.2, 0.25) is 0 Å². The zero-order chi connectivity index (χ0) is 16.3. The largest absolute Gasteiger partial charge is 0.368 e. The van der Waals surface area contributed by atoms with Gasteiger partial charge in [0.25, 0.3) is 0 Å². The topological polar surface area (TPSA) is 122 Å². The highest BCUT2D eigenvalue weighted by Gasteiger charge is 2.38. The first-order chi connectivity index (χ1) is 10.4. The maximum atomic E-state index is 12.6. The van der Waals surface area contributed by atoms with E-state index in [1.54, 1.807) is 0 Å². The Balaban J connectivity index is 2.00. The number of rotatable bonds is 6. The number of β-lactam (4-membered cyclic amide) rings is 1. The molecule has 2 heterocycles. The number of nitrogens with zero attached hydrogens (tertiary/aromatic N) is 1. The van der Waals surface area contributed by atoms with Crippen molar-refractivity contribution in [1.82, 2.24) is 15.5 Å². The molecular weight excluding hydrogens is 308 g/mol. The monoisotopic (exact) mass is 328 g/mol. The number of hydrogen-bond donors (Lipinski definition) is 3. The molecular formula is C13H20N4O4S. The van der Waals surface area contributed by atoms with Gasteiger partial charge in [0.05, 0.1) is 6.42 Å². The predicted octanol–water partition coefficient (Wildman–Crippen LogP) is -1.80. The quantitative estimate of drug-likeness (QED) is 0.497. The summed E-state index contributed by atoms with van der Waals surface area (Å²) in [5.74, 6) is -0.975. The summed E-state index contributed by atoms with van der Waals surface area (Å²) in [4.78, 5) is 48.3. The highest BCUT2D eigenvalue weighted by Crippen LogP contribution is 2.19. The summed E-state index contributed by atoms with van der Waals surface area (Å²) in [5.41, 5.74) is 5.32. The Labute approximate surface area is 132 Å². The molecule has 2 aliphatic heterocycles. The molecule has 2 fully saturated rings. The third-order valence-corrected chi connectivity index (χ3v) is 4.52. The van der Waals surface area contributed by atoms with E-state index < -0.39 is 24.0 Å². The van der Waals surface area contributed by atoms with E-state index >= 15 is 0 Å². The van der Waals surface area contributed by atoms with Crippen LogP contribution in [0.1, 0.15) is 19.3 Å². The maximum Gasteiger partial charge on any atom is 0.246 e. The van der Waals surface area contributed by atoms with E-state index in [-0.39, 0.29) is 24.1 Å². The minimum Gasteiger partial charge on any atom is -0.368 e. The fraction of sp³-hybridized carbons (Fsp3) is 0.692. The van der Waals surface area contributed by atoms with Crippen LogP contribution in [-0.4, -0.2) is 65.2 Å². The molecule has 3 atom stereocenters. The summed E-state index contributed by atoms with van der Waals surface area (Å²) in [6.07, 6.45) is 3.24. The Hall–Kier alpha value is -1.77. The molecule has 4 amide bonds. The summed E-state index contributed by atoms with van der Waals surface area (Å²) in [6, 6.07) is -1.90. The zero-order valence-corrected chi connectivity index (χ0v) is 13.1. The van der Waals surface area contributed by atoms with Crippen molar-refractivity contribution in [3.63, 3.8) is 0 Å². The molecule has 0 aromatic carbocycles. The summed E-state index contributed by atoms with van der Waals surface area (Å²) in [6.45, 7) is 0.466. The van der Waals surface area contributed by atoms with Gasteiger partial charge in [0.1, 0.15) is 18.1 Å². The van der Waals surface area contributed by atoms with Gasteiger partial charge in [0, 0.05) is 12.3 Å². The molecule has 22 heavy (non-hydrogen) atoms. The van der Waals surface area contributed by atoms with Gasteiger partial charge in [-0.2, -0.15) is 11.8 Å². The second-order valence-corrected chi connectivity index (χ2v) is 6.34. The van der Waals surface area contributed by atoms with Gasteiger partial charge in [-0.25, -0.2) is 0 Å². The molecule has 0 bridgehead atoms. The number of thioether (sulfide) groups is 1. The van der Waals surface area contributed by atoms with E-state index in [2.05, 4.69) is 10.6 Å². The Kier molecular flexibility index (Phi) is 5.28. The first-order valence-corrected chi connectivity index (χ1v) is 8.52. The highest BCUT2D eigenvalue weighted by molar-refractivity contribution is 7.98. The van der Waals surface area contributed by atoms with Gasteiger partial charge < -0.3 is 21.3 Å². The number of carbonyl (C=O) groups is 4. The van der Waals surface area contributed by atoms with Gasteiger partial charge in [-0.15, -0.1) is 0 Å². The van der Waals surface area contributed by atoms with Crippen molar-refractivity contribution in [1.29, 1.82) is 0 Å². The minimum absolute atomic E-state index is 0.139. The lowest BCUT2D eigenvalue weighted by molar-refractivity contribution is -0.142. The van der Waals surface area contributed by atoms with Crippen LogP contribution in [0.3, 0.4) is 0 Å². The maximum absolute atomic E-state index is 12.6. The smallest absolute Gasteiger partial charge is 0.246 e. The molecule has 8 nitrogen and oxygen atoms in total. The average molecular weight is 328 g/mol. The van der Waals surface area contributed by atoms with E-state index in [0.29, 0.717) is 18.7 Å². The number of primary amides is 1. The third-order valence-electron chi connectivity index (χ3n) is 3.85. The number of nitrogens with two attached hydrogens (primary N) is 1. The summed E-state index contributed by atoms with van der Waals surface area (Å²) in [7, 11) is 0. The van der Waals surface area contributed by atoms with E-state index in [1.165, 1.54) is 16.7 Å². The van der Waals surface area contributed by atoms with Crippen molar-refractivity contribution in [2.45, 2.75) is 37.4 Å². The number of carbonyl (C=O) groups excluding carboxylic acids is 4. The molecule has 2 saturated heterocycles. The second-order valence-electron chi connectivity index (χ2n) is 5.43. The van der Waals surface area contributed by atoms with E-state index in [1.807, 2.05) is 6.26 Å². The van der Waals surface area contributed by atoms with Crippen molar-refractivity contribution in [2.75, 3.05) is 18.6 Å². The molecule has 9 heteroatoms. The van der Waals surface area contributed by atoms with Crippen molar-refractivity contribution >= 4 is 35.4 Å². The highest BCUT2D eigenvalue weighted by atomic mass is 32.2. The fourth-order valence-corrected chi connectivity index (χ4v) is 3.22. The summed E-state index contributed by atoms with van der Waals surface area (Å²) < 4.78 is 0. The van der Waals surface area contributed by atoms with Crippen LogP contribution in [0.4, 0.5) is 0 Å². The molecule has 2 aliphatic rings. The average Bonchev–Trinajstić information content (AvgIpc) is 2.92. The van der Waals surface area contributed by atoms with Crippen molar-refractivity contribution in [3.05, 3.63) is 0 Å².